The van der Waals surface area contributed by atoms with Gasteiger partial charge in [0.15, 0.2) is 5.13 Å². The molecule has 3 aromatic carbocycles. The summed E-state index contributed by atoms with van der Waals surface area (Å²) in [5.41, 5.74) is 4.36. The van der Waals surface area contributed by atoms with Crippen molar-refractivity contribution in [1.82, 2.24) is 4.98 Å². The highest BCUT2D eigenvalue weighted by atomic mass is 35.5. The Morgan fingerprint density at radius 2 is 1.70 bits per heavy atom. The average molecular weight is 453 g/mol. The molecule has 0 aliphatic carbocycles. The molecule has 4 rings (SSSR count). The Labute approximate surface area is 189 Å². The average Bonchev–Trinajstić information content (AvgIpc) is 3.21. The van der Waals surface area contributed by atoms with Crippen LogP contribution >= 0.6 is 34.7 Å². The molecule has 0 saturated heterocycles. The number of rotatable bonds is 6. The fourth-order valence-electron chi connectivity index (χ4n) is 3.15. The van der Waals surface area contributed by atoms with Gasteiger partial charge in [0.2, 0.25) is 5.91 Å². The highest BCUT2D eigenvalue weighted by molar-refractivity contribution is 8.00. The Hall–Kier alpha value is -2.34. The number of amides is 1. The molecule has 152 valence electrons. The molecule has 0 saturated carbocycles. The van der Waals surface area contributed by atoms with Gasteiger partial charge < -0.3 is 0 Å². The molecule has 0 N–H and O–H groups in total. The molecule has 1 amide bonds. The van der Waals surface area contributed by atoms with Crippen molar-refractivity contribution in [2.45, 2.75) is 25.3 Å². The molecule has 0 atom stereocenters. The van der Waals surface area contributed by atoms with Crippen LogP contribution < -0.4 is 4.90 Å². The van der Waals surface area contributed by atoms with E-state index in [1.807, 2.05) is 59.5 Å². The highest BCUT2D eigenvalue weighted by Gasteiger charge is 2.21. The summed E-state index contributed by atoms with van der Waals surface area (Å²) in [6.45, 7) is 4.65. The largest absolute Gasteiger partial charge is 0.283 e. The van der Waals surface area contributed by atoms with E-state index in [1.165, 1.54) is 17.3 Å². The number of halogens is 1. The topological polar surface area (TPSA) is 33.2 Å². The molecular formula is C24H21ClN2OS2. The number of carbonyl (C=O) groups is 1. The molecule has 0 radical (unpaired) electrons. The number of fused-ring (bicyclic) bond motifs is 1. The van der Waals surface area contributed by atoms with Crippen LogP contribution in [0.3, 0.4) is 0 Å². The van der Waals surface area contributed by atoms with Crippen LogP contribution in [0.15, 0.2) is 71.6 Å². The molecule has 0 unspecified atom stereocenters. The summed E-state index contributed by atoms with van der Waals surface area (Å²) in [6.07, 6.45) is 0. The van der Waals surface area contributed by atoms with Gasteiger partial charge in [0.25, 0.3) is 0 Å². The van der Waals surface area contributed by atoms with Gasteiger partial charge in [0, 0.05) is 9.92 Å². The predicted molar refractivity (Wildman–Crippen MR) is 129 cm³/mol. The van der Waals surface area contributed by atoms with Crippen LogP contribution in [0, 0.1) is 13.8 Å². The van der Waals surface area contributed by atoms with E-state index in [0.717, 1.165) is 31.4 Å². The normalized spacial score (nSPS) is 11.0. The van der Waals surface area contributed by atoms with E-state index in [1.54, 1.807) is 11.3 Å². The summed E-state index contributed by atoms with van der Waals surface area (Å²) in [5, 5.41) is 1.43. The first-order valence-electron chi connectivity index (χ1n) is 9.60. The van der Waals surface area contributed by atoms with Crippen LogP contribution in [-0.4, -0.2) is 16.6 Å². The van der Waals surface area contributed by atoms with E-state index < -0.39 is 0 Å². The predicted octanol–water partition coefficient (Wildman–Crippen LogP) is 6.89. The zero-order valence-electron chi connectivity index (χ0n) is 16.8. The van der Waals surface area contributed by atoms with Gasteiger partial charge in [-0.2, -0.15) is 0 Å². The zero-order chi connectivity index (χ0) is 21.1. The molecule has 1 aromatic heterocycles. The number of nitrogens with zero attached hydrogens (tertiary/aromatic N) is 2. The maximum absolute atomic E-state index is 13.3. The maximum Gasteiger partial charge on any atom is 0.239 e. The minimum Gasteiger partial charge on any atom is -0.283 e. The molecule has 30 heavy (non-hydrogen) atoms. The van der Waals surface area contributed by atoms with Gasteiger partial charge >= 0.3 is 0 Å². The minimum atomic E-state index is 0.0353. The third-order valence-electron chi connectivity index (χ3n) is 4.82. The quantitative estimate of drug-likeness (QED) is 0.298. The Balaban J connectivity index is 1.64. The van der Waals surface area contributed by atoms with Gasteiger partial charge in [-0.15, -0.1) is 11.8 Å². The molecule has 3 nitrogen and oxygen atoms in total. The van der Waals surface area contributed by atoms with Crippen molar-refractivity contribution in [3.8, 4) is 0 Å². The second-order valence-corrected chi connectivity index (χ2v) is 9.54. The molecule has 1 heterocycles. The van der Waals surface area contributed by atoms with Crippen molar-refractivity contribution >= 4 is 56.0 Å². The van der Waals surface area contributed by atoms with Gasteiger partial charge in [-0.25, -0.2) is 4.98 Å². The molecule has 0 bridgehead atoms. The number of carbonyl (C=O) groups excluding carboxylic acids is 1. The number of aryl methyl sites for hydroxylation is 2. The summed E-state index contributed by atoms with van der Waals surface area (Å²) in [7, 11) is 0. The van der Waals surface area contributed by atoms with Gasteiger partial charge in [0.05, 0.1) is 22.5 Å². The molecule has 0 spiro atoms. The molecular weight excluding hydrogens is 432 g/mol. The second kappa shape index (κ2) is 9.21. The Morgan fingerprint density at radius 1 is 1.00 bits per heavy atom. The Bertz CT molecular complexity index is 1130. The molecule has 6 heteroatoms. The first kappa shape index (κ1) is 20.9. The van der Waals surface area contributed by atoms with Gasteiger partial charge in [-0.3, -0.25) is 9.69 Å². The monoisotopic (exact) mass is 452 g/mol. The van der Waals surface area contributed by atoms with Crippen LogP contribution in [-0.2, 0) is 11.3 Å². The van der Waals surface area contributed by atoms with E-state index in [-0.39, 0.29) is 5.91 Å². The lowest BCUT2D eigenvalue weighted by atomic mass is 10.1. The van der Waals surface area contributed by atoms with Gasteiger partial charge in [-0.1, -0.05) is 65.4 Å². The van der Waals surface area contributed by atoms with E-state index in [9.17, 15) is 4.79 Å². The molecule has 0 aliphatic rings. The van der Waals surface area contributed by atoms with Crippen LogP contribution in [0.1, 0.15) is 16.7 Å². The number of hydrogen-bond acceptors (Lipinski definition) is 4. The molecule has 0 aliphatic heterocycles. The number of benzene rings is 3. The smallest absolute Gasteiger partial charge is 0.239 e. The molecule has 0 fully saturated rings. The summed E-state index contributed by atoms with van der Waals surface area (Å²) in [5.74, 6) is 0.371. The lowest BCUT2D eigenvalue weighted by Crippen LogP contribution is -2.31. The lowest BCUT2D eigenvalue weighted by Gasteiger charge is -2.20. The minimum absolute atomic E-state index is 0.0353. The third-order valence-corrected chi connectivity index (χ3v) is 7.28. The Morgan fingerprint density at radius 3 is 2.40 bits per heavy atom. The van der Waals surface area contributed by atoms with Crippen LogP contribution in [0.4, 0.5) is 5.13 Å². The first-order valence-corrected chi connectivity index (χ1v) is 11.8. The van der Waals surface area contributed by atoms with E-state index in [4.69, 9.17) is 16.6 Å². The van der Waals surface area contributed by atoms with Crippen LogP contribution in [0.25, 0.3) is 10.2 Å². The maximum atomic E-state index is 13.3. The summed E-state index contributed by atoms with van der Waals surface area (Å²) in [4.78, 5) is 21.0. The standard InChI is InChI=1S/C24H21ClN2OS2/c1-16-8-9-17(2)23-22(16)26-24(30-23)27(14-18-6-4-3-5-7-18)21(28)15-29-20-12-10-19(25)11-13-20/h3-13H,14-15H2,1-2H3. The van der Waals surface area contributed by atoms with E-state index >= 15 is 0 Å². The Kier molecular flexibility index (Phi) is 6.42. The number of thioether (sulfide) groups is 1. The van der Waals surface area contributed by atoms with Crippen molar-refractivity contribution in [2.24, 2.45) is 0 Å². The number of aromatic nitrogens is 1. The fourth-order valence-corrected chi connectivity index (χ4v) is 5.17. The lowest BCUT2D eigenvalue weighted by molar-refractivity contribution is -0.116. The molecule has 4 aromatic rings. The first-order chi connectivity index (χ1) is 14.5. The highest BCUT2D eigenvalue weighted by Crippen LogP contribution is 2.34. The third kappa shape index (κ3) is 4.69. The number of hydrogen-bond donors (Lipinski definition) is 0. The number of anilines is 1. The number of thiazole rings is 1. The summed E-state index contributed by atoms with van der Waals surface area (Å²) in [6, 6.07) is 21.8. The fraction of sp³-hybridized carbons (Fsp3) is 0.167. The van der Waals surface area contributed by atoms with Crippen molar-refractivity contribution in [1.29, 1.82) is 0 Å². The van der Waals surface area contributed by atoms with Crippen molar-refractivity contribution in [3.63, 3.8) is 0 Å². The van der Waals surface area contributed by atoms with E-state index in [0.29, 0.717) is 17.3 Å². The second-order valence-electron chi connectivity index (χ2n) is 7.08. The van der Waals surface area contributed by atoms with Crippen LogP contribution in [0.5, 0.6) is 0 Å². The van der Waals surface area contributed by atoms with Crippen molar-refractivity contribution in [3.05, 3.63) is 88.4 Å². The zero-order valence-corrected chi connectivity index (χ0v) is 19.2. The van der Waals surface area contributed by atoms with Gasteiger partial charge in [0.1, 0.15) is 0 Å². The van der Waals surface area contributed by atoms with E-state index in [2.05, 4.69) is 26.0 Å². The van der Waals surface area contributed by atoms with Crippen LogP contribution in [0.2, 0.25) is 5.02 Å². The van der Waals surface area contributed by atoms with Crippen molar-refractivity contribution < 1.29 is 4.79 Å². The SMILES string of the molecule is Cc1ccc(C)c2sc(N(Cc3ccccc3)C(=O)CSc3ccc(Cl)cc3)nc12. The van der Waals surface area contributed by atoms with Gasteiger partial charge in [-0.05, 0) is 54.8 Å². The van der Waals surface area contributed by atoms with Crippen molar-refractivity contribution in [2.75, 3.05) is 10.7 Å². The summed E-state index contributed by atoms with van der Waals surface area (Å²) < 4.78 is 1.14. The summed E-state index contributed by atoms with van der Waals surface area (Å²) >= 11 is 9.06.